The third-order valence-electron chi connectivity index (χ3n) is 9.91. The van der Waals surface area contributed by atoms with Crippen molar-refractivity contribution in [1.82, 2.24) is 19.9 Å². The van der Waals surface area contributed by atoms with E-state index in [1.165, 1.54) is 32.3 Å². The zero-order chi connectivity index (χ0) is 34.4. The second kappa shape index (κ2) is 12.4. The van der Waals surface area contributed by atoms with E-state index < -0.39 is 0 Å². The van der Waals surface area contributed by atoms with E-state index in [2.05, 4.69) is 121 Å². The van der Waals surface area contributed by atoms with Crippen molar-refractivity contribution in [3.05, 3.63) is 182 Å². The Morgan fingerprint density at radius 1 is 0.231 bits per heavy atom. The second-order valence-corrected chi connectivity index (χ2v) is 13.0. The first-order valence-corrected chi connectivity index (χ1v) is 17.5. The van der Waals surface area contributed by atoms with Crippen LogP contribution in [0, 0.1) is 0 Å². The Bertz CT molecular complexity index is 2860. The van der Waals surface area contributed by atoms with Crippen LogP contribution in [0.1, 0.15) is 0 Å². The highest BCUT2D eigenvalue weighted by molar-refractivity contribution is 6.31. The number of pyridine rings is 1. The van der Waals surface area contributed by atoms with Crippen molar-refractivity contribution >= 4 is 43.2 Å². The van der Waals surface area contributed by atoms with E-state index in [1.54, 1.807) is 0 Å². The van der Waals surface area contributed by atoms with Gasteiger partial charge in [-0.05, 0) is 32.7 Å². The largest absolute Gasteiger partial charge is 0.246 e. The summed E-state index contributed by atoms with van der Waals surface area (Å²) in [7, 11) is 0. The molecule has 10 rings (SSSR count). The molecule has 0 N–H and O–H groups in total. The van der Waals surface area contributed by atoms with Gasteiger partial charge in [0.05, 0.1) is 11.2 Å². The minimum atomic E-state index is 0.643. The summed E-state index contributed by atoms with van der Waals surface area (Å²) in [5.41, 5.74) is 8.19. The minimum absolute atomic E-state index is 0.643. The molecule has 0 aliphatic carbocycles. The quantitative estimate of drug-likeness (QED) is 0.172. The highest BCUT2D eigenvalue weighted by Crippen LogP contribution is 2.41. The molecule has 242 valence electrons. The Balaban J connectivity index is 1.04. The van der Waals surface area contributed by atoms with Crippen LogP contribution < -0.4 is 0 Å². The number of hydrogen-bond acceptors (Lipinski definition) is 4. The summed E-state index contributed by atoms with van der Waals surface area (Å²) in [6.07, 6.45) is 0. The van der Waals surface area contributed by atoms with Gasteiger partial charge in [0.2, 0.25) is 0 Å². The van der Waals surface area contributed by atoms with Crippen molar-refractivity contribution in [1.29, 1.82) is 0 Å². The maximum absolute atomic E-state index is 5.44. The molecule has 0 atom stereocenters. The van der Waals surface area contributed by atoms with Crippen LogP contribution in [0.4, 0.5) is 0 Å². The van der Waals surface area contributed by atoms with Crippen LogP contribution in [0.15, 0.2) is 182 Å². The van der Waals surface area contributed by atoms with Gasteiger partial charge in [0.1, 0.15) is 0 Å². The Hall–Kier alpha value is -7.04. The monoisotopic (exact) mass is 662 g/mol. The van der Waals surface area contributed by atoms with Crippen molar-refractivity contribution in [3.8, 4) is 56.5 Å². The Morgan fingerprint density at radius 3 is 1.10 bits per heavy atom. The summed E-state index contributed by atoms with van der Waals surface area (Å²) in [6.45, 7) is 0. The van der Waals surface area contributed by atoms with E-state index in [0.717, 1.165) is 50.0 Å². The van der Waals surface area contributed by atoms with Crippen LogP contribution in [-0.4, -0.2) is 19.9 Å². The van der Waals surface area contributed by atoms with Crippen LogP contribution in [0.25, 0.3) is 99.8 Å². The van der Waals surface area contributed by atoms with E-state index in [9.17, 15) is 0 Å². The second-order valence-electron chi connectivity index (χ2n) is 13.0. The smallest absolute Gasteiger partial charge is 0.164 e. The predicted octanol–water partition coefficient (Wildman–Crippen LogP) is 12.2. The number of rotatable bonds is 5. The van der Waals surface area contributed by atoms with Gasteiger partial charge in [0, 0.05) is 38.4 Å². The first-order chi connectivity index (χ1) is 25.8. The number of nitrogens with zero attached hydrogens (tertiary/aromatic N) is 4. The maximum atomic E-state index is 5.44. The lowest BCUT2D eigenvalue weighted by atomic mass is 9.92. The maximum Gasteiger partial charge on any atom is 0.164 e. The summed E-state index contributed by atoms with van der Waals surface area (Å²) in [4.78, 5) is 20.1. The summed E-state index contributed by atoms with van der Waals surface area (Å²) < 4.78 is 0. The molecule has 0 spiro atoms. The molecule has 0 unspecified atom stereocenters. The van der Waals surface area contributed by atoms with Crippen LogP contribution in [-0.2, 0) is 0 Å². The molecule has 2 heterocycles. The molecule has 10 aromatic rings. The first kappa shape index (κ1) is 29.8. The van der Waals surface area contributed by atoms with E-state index in [4.69, 9.17) is 19.9 Å². The van der Waals surface area contributed by atoms with Crippen molar-refractivity contribution in [2.45, 2.75) is 0 Å². The van der Waals surface area contributed by atoms with E-state index in [1.807, 2.05) is 60.7 Å². The normalized spacial score (nSPS) is 11.5. The van der Waals surface area contributed by atoms with Crippen molar-refractivity contribution < 1.29 is 0 Å². The molecule has 2 aromatic heterocycles. The molecular formula is C48H30N4. The third-order valence-corrected chi connectivity index (χ3v) is 9.91. The number of fused-ring (bicyclic) bond motifs is 8. The van der Waals surface area contributed by atoms with Gasteiger partial charge in [-0.2, -0.15) is 0 Å². The first-order valence-electron chi connectivity index (χ1n) is 17.5. The molecule has 8 aromatic carbocycles. The number of benzene rings is 8. The standard InChI is InChI=1S/C48H30N4/c1-3-13-34(14-4-1)46-50-47(35-15-5-2-6-16-35)52-48(51-46)36-29-25-32(26-30-36)31-23-27-33(28-24-31)44-42-22-12-10-20-40(42)43-39-19-9-7-17-37(39)38-18-8-11-21-41(38)45(43)49-44/h1-30H. The molecule has 0 aliphatic rings. The van der Waals surface area contributed by atoms with Crippen molar-refractivity contribution in [3.63, 3.8) is 0 Å². The summed E-state index contributed by atoms with van der Waals surface area (Å²) in [5, 5.41) is 8.45. The number of aromatic nitrogens is 4. The van der Waals surface area contributed by atoms with E-state index in [-0.39, 0.29) is 0 Å². The molecule has 52 heavy (non-hydrogen) atoms. The SMILES string of the molecule is c1ccc(-c2nc(-c3ccccc3)nc(-c3ccc(-c4ccc(-c5nc6c7ccccc7c7ccccc7c6c6ccccc56)cc4)cc3)n2)cc1. The van der Waals surface area contributed by atoms with Gasteiger partial charge in [-0.15, -0.1) is 0 Å². The molecule has 4 heteroatoms. The molecule has 0 fully saturated rings. The fourth-order valence-electron chi connectivity index (χ4n) is 7.38. The molecule has 0 saturated heterocycles. The van der Waals surface area contributed by atoms with Gasteiger partial charge in [-0.1, -0.05) is 182 Å². The molecule has 0 radical (unpaired) electrons. The summed E-state index contributed by atoms with van der Waals surface area (Å²) in [6, 6.07) is 63.3. The lowest BCUT2D eigenvalue weighted by Crippen LogP contribution is -2.00. The topological polar surface area (TPSA) is 51.6 Å². The van der Waals surface area contributed by atoms with Crippen LogP contribution in [0.3, 0.4) is 0 Å². The third kappa shape index (κ3) is 5.09. The zero-order valence-electron chi connectivity index (χ0n) is 28.1. The molecule has 0 bridgehead atoms. The van der Waals surface area contributed by atoms with E-state index >= 15 is 0 Å². The van der Waals surface area contributed by atoms with Gasteiger partial charge in [0.15, 0.2) is 17.5 Å². The lowest BCUT2D eigenvalue weighted by Gasteiger charge is -2.15. The minimum Gasteiger partial charge on any atom is -0.246 e. The predicted molar refractivity (Wildman–Crippen MR) is 215 cm³/mol. The Labute approximate surface area is 300 Å². The van der Waals surface area contributed by atoms with E-state index in [0.29, 0.717) is 17.5 Å². The Kier molecular flexibility index (Phi) is 7.10. The van der Waals surface area contributed by atoms with Crippen LogP contribution >= 0.6 is 0 Å². The van der Waals surface area contributed by atoms with Gasteiger partial charge in [-0.3, -0.25) is 0 Å². The van der Waals surface area contributed by atoms with Crippen molar-refractivity contribution in [2.75, 3.05) is 0 Å². The van der Waals surface area contributed by atoms with Gasteiger partial charge in [0.25, 0.3) is 0 Å². The van der Waals surface area contributed by atoms with Gasteiger partial charge >= 0.3 is 0 Å². The van der Waals surface area contributed by atoms with Crippen LogP contribution in [0.5, 0.6) is 0 Å². The molecule has 0 saturated carbocycles. The van der Waals surface area contributed by atoms with Crippen molar-refractivity contribution in [2.24, 2.45) is 0 Å². The average Bonchev–Trinajstić information content (AvgIpc) is 3.24. The zero-order valence-corrected chi connectivity index (χ0v) is 28.1. The molecule has 0 aliphatic heterocycles. The van der Waals surface area contributed by atoms with Crippen LogP contribution in [0.2, 0.25) is 0 Å². The lowest BCUT2D eigenvalue weighted by molar-refractivity contribution is 1.07. The summed E-state index contributed by atoms with van der Waals surface area (Å²) in [5.74, 6) is 1.95. The number of hydrogen-bond donors (Lipinski definition) is 0. The van der Waals surface area contributed by atoms with Gasteiger partial charge in [-0.25, -0.2) is 19.9 Å². The average molecular weight is 663 g/mol. The highest BCUT2D eigenvalue weighted by Gasteiger charge is 2.17. The summed E-state index contributed by atoms with van der Waals surface area (Å²) >= 11 is 0. The Morgan fingerprint density at radius 2 is 0.577 bits per heavy atom. The fraction of sp³-hybridized carbons (Fsp3) is 0. The highest BCUT2D eigenvalue weighted by atomic mass is 15.0. The molecular weight excluding hydrogens is 633 g/mol. The molecule has 0 amide bonds. The van der Waals surface area contributed by atoms with Gasteiger partial charge < -0.3 is 0 Å². The fourth-order valence-corrected chi connectivity index (χ4v) is 7.38. The molecule has 4 nitrogen and oxygen atoms in total.